The molecule has 4 aliphatic carbocycles. The molecule has 31 heavy (non-hydrogen) atoms. The molecule has 176 valence electrons. The van der Waals surface area contributed by atoms with E-state index < -0.39 is 28.6 Å². The molecule has 0 amide bonds. The van der Waals surface area contributed by atoms with E-state index in [-0.39, 0.29) is 29.1 Å². The highest BCUT2D eigenvalue weighted by Gasteiger charge is 2.61. The van der Waals surface area contributed by atoms with Gasteiger partial charge in [-0.1, -0.05) is 32.4 Å². The van der Waals surface area contributed by atoms with E-state index in [9.17, 15) is 23.4 Å². The molecule has 0 aliphatic heterocycles. The Morgan fingerprint density at radius 3 is 2.55 bits per heavy atom. The molecule has 4 aliphatic rings. The van der Waals surface area contributed by atoms with Crippen LogP contribution in [0.25, 0.3) is 0 Å². The molecule has 7 nitrogen and oxygen atoms in total. The van der Waals surface area contributed by atoms with Crippen molar-refractivity contribution in [2.45, 2.75) is 84.3 Å². The maximum absolute atomic E-state index is 11.3. The zero-order valence-corrected chi connectivity index (χ0v) is 19.5. The van der Waals surface area contributed by atoms with Crippen molar-refractivity contribution < 1.29 is 32.2 Å². The molecule has 0 unspecified atom stereocenters. The van der Waals surface area contributed by atoms with E-state index in [0.717, 1.165) is 37.7 Å². The monoisotopic (exact) mass is 456 g/mol. The molecule has 0 aromatic rings. The molecule has 3 N–H and O–H groups in total. The SMILES string of the molecule is C[C@H](CC(=O)O)[C@H]1CC[C@H]2[C@@H]3[C@@H](O)C=C4C[C@@H](OS(=O)(=O)O)CC[C@]4(C)[C@H]3CC[C@]12C. The van der Waals surface area contributed by atoms with Crippen molar-refractivity contribution in [3.63, 3.8) is 0 Å². The van der Waals surface area contributed by atoms with Gasteiger partial charge in [0.25, 0.3) is 0 Å². The zero-order chi connectivity index (χ0) is 22.8. The maximum atomic E-state index is 11.3. The van der Waals surface area contributed by atoms with Gasteiger partial charge in [0, 0.05) is 6.42 Å². The Kier molecular flexibility index (Phi) is 5.85. The molecular formula is C23H36O7S. The highest BCUT2D eigenvalue weighted by Crippen LogP contribution is 2.67. The first-order chi connectivity index (χ1) is 14.3. The average Bonchev–Trinajstić information content (AvgIpc) is 2.98. The summed E-state index contributed by atoms with van der Waals surface area (Å²) in [7, 11) is -4.49. The standard InChI is InChI=1S/C23H36O7S/c1-13(10-20(25)26)16-4-5-17-21-18(7-9-23(16,17)3)22(2)8-6-15(30-31(27,28)29)11-14(22)12-19(21)24/h12-13,15-19,21,24H,4-11H2,1-3H3,(H,25,26)(H,27,28,29)/t13-,15+,16-,17+,18+,19+,21+,22+,23-/m1/s1. The predicted molar refractivity (Wildman–Crippen MR) is 114 cm³/mol. The zero-order valence-electron chi connectivity index (χ0n) is 18.7. The fraction of sp³-hybridized carbons (Fsp3) is 0.870. The maximum Gasteiger partial charge on any atom is 0.397 e. The van der Waals surface area contributed by atoms with Crippen LogP contribution >= 0.6 is 0 Å². The van der Waals surface area contributed by atoms with Crippen molar-refractivity contribution in [2.24, 2.45) is 40.4 Å². The summed E-state index contributed by atoms with van der Waals surface area (Å²) in [4.78, 5) is 11.3. The summed E-state index contributed by atoms with van der Waals surface area (Å²) in [5.41, 5.74) is 0.998. The van der Waals surface area contributed by atoms with Gasteiger partial charge in [0.1, 0.15) is 0 Å². The van der Waals surface area contributed by atoms with Gasteiger partial charge in [-0.25, -0.2) is 4.18 Å². The molecule has 8 heteroatoms. The average molecular weight is 457 g/mol. The number of aliphatic hydroxyl groups is 1. The van der Waals surface area contributed by atoms with Crippen molar-refractivity contribution in [3.8, 4) is 0 Å². The number of fused-ring (bicyclic) bond motifs is 5. The Labute approximate surface area is 185 Å². The molecule has 0 saturated heterocycles. The molecule has 0 aromatic heterocycles. The van der Waals surface area contributed by atoms with Crippen LogP contribution in [-0.2, 0) is 19.4 Å². The van der Waals surface area contributed by atoms with Crippen molar-refractivity contribution in [3.05, 3.63) is 11.6 Å². The summed E-state index contributed by atoms with van der Waals surface area (Å²) >= 11 is 0. The van der Waals surface area contributed by atoms with Gasteiger partial charge in [0.2, 0.25) is 0 Å². The predicted octanol–water partition coefficient (Wildman–Crippen LogP) is 3.84. The molecule has 0 spiro atoms. The number of hydrogen-bond acceptors (Lipinski definition) is 5. The molecule has 9 atom stereocenters. The quantitative estimate of drug-likeness (QED) is 0.424. The van der Waals surface area contributed by atoms with Gasteiger partial charge in [0.05, 0.1) is 12.2 Å². The van der Waals surface area contributed by atoms with Crippen LogP contribution in [0.4, 0.5) is 0 Å². The summed E-state index contributed by atoms with van der Waals surface area (Å²) in [5.74, 6) is 0.575. The number of carboxylic acid groups (broad SMARTS) is 1. The molecule has 4 rings (SSSR count). The van der Waals surface area contributed by atoms with E-state index in [1.807, 2.05) is 6.08 Å². The lowest BCUT2D eigenvalue weighted by molar-refractivity contribution is -0.139. The van der Waals surface area contributed by atoms with Gasteiger partial charge in [-0.3, -0.25) is 9.35 Å². The van der Waals surface area contributed by atoms with Gasteiger partial charge in [-0.2, -0.15) is 8.42 Å². The second kappa shape index (κ2) is 7.82. The van der Waals surface area contributed by atoms with Gasteiger partial charge in [-0.15, -0.1) is 0 Å². The van der Waals surface area contributed by atoms with Gasteiger partial charge < -0.3 is 10.2 Å². The van der Waals surface area contributed by atoms with Gasteiger partial charge in [-0.05, 0) is 85.4 Å². The second-order valence-electron chi connectivity index (χ2n) is 11.1. The minimum absolute atomic E-state index is 0.0456. The second-order valence-corrected chi connectivity index (χ2v) is 12.1. The Morgan fingerprint density at radius 1 is 1.19 bits per heavy atom. The first-order valence-corrected chi connectivity index (χ1v) is 13.0. The van der Waals surface area contributed by atoms with Crippen LogP contribution in [-0.4, -0.2) is 41.4 Å². The number of aliphatic carboxylic acids is 1. The summed E-state index contributed by atoms with van der Waals surface area (Å²) in [6, 6.07) is 0. The first-order valence-electron chi connectivity index (χ1n) is 11.6. The molecule has 3 fully saturated rings. The van der Waals surface area contributed by atoms with Crippen LogP contribution in [0.15, 0.2) is 11.6 Å². The lowest BCUT2D eigenvalue weighted by Crippen LogP contribution is -2.55. The third-order valence-corrected chi connectivity index (χ3v) is 10.1. The number of rotatable bonds is 5. The van der Waals surface area contributed by atoms with E-state index in [0.29, 0.717) is 30.6 Å². The lowest BCUT2D eigenvalue weighted by atomic mass is 9.46. The number of aliphatic hydroxyl groups excluding tert-OH is 1. The molecule has 3 saturated carbocycles. The minimum atomic E-state index is -4.49. The third kappa shape index (κ3) is 3.98. The van der Waals surface area contributed by atoms with Crippen LogP contribution in [0.5, 0.6) is 0 Å². The first kappa shape index (κ1) is 23.2. The van der Waals surface area contributed by atoms with Crippen LogP contribution < -0.4 is 0 Å². The molecule has 0 aromatic carbocycles. The minimum Gasteiger partial charge on any atom is -0.481 e. The summed E-state index contributed by atoms with van der Waals surface area (Å²) in [6.07, 6.45) is 6.77. The van der Waals surface area contributed by atoms with Crippen LogP contribution in [0, 0.1) is 40.4 Å². The topological polar surface area (TPSA) is 121 Å². The van der Waals surface area contributed by atoms with Crippen molar-refractivity contribution >= 4 is 16.4 Å². The van der Waals surface area contributed by atoms with E-state index >= 15 is 0 Å². The number of carbonyl (C=O) groups is 1. The van der Waals surface area contributed by atoms with Crippen LogP contribution in [0.1, 0.15) is 72.1 Å². The Balaban J connectivity index is 1.59. The van der Waals surface area contributed by atoms with E-state index in [2.05, 4.69) is 20.8 Å². The summed E-state index contributed by atoms with van der Waals surface area (Å²) < 4.78 is 36.3. The fourth-order valence-electron chi connectivity index (χ4n) is 8.26. The van der Waals surface area contributed by atoms with E-state index in [1.165, 1.54) is 0 Å². The fourth-order valence-corrected chi connectivity index (χ4v) is 8.77. The van der Waals surface area contributed by atoms with Crippen LogP contribution in [0.3, 0.4) is 0 Å². The molecular weight excluding hydrogens is 420 g/mol. The van der Waals surface area contributed by atoms with Gasteiger partial charge in [0.15, 0.2) is 0 Å². The largest absolute Gasteiger partial charge is 0.481 e. The summed E-state index contributed by atoms with van der Waals surface area (Å²) in [6.45, 7) is 6.62. The van der Waals surface area contributed by atoms with Gasteiger partial charge >= 0.3 is 16.4 Å². The van der Waals surface area contributed by atoms with Crippen LogP contribution in [0.2, 0.25) is 0 Å². The Bertz CT molecular complexity index is 867. The smallest absolute Gasteiger partial charge is 0.397 e. The van der Waals surface area contributed by atoms with Crippen molar-refractivity contribution in [1.82, 2.24) is 0 Å². The van der Waals surface area contributed by atoms with E-state index in [4.69, 9.17) is 8.74 Å². The number of carboxylic acids is 1. The molecule has 0 heterocycles. The Hall–Kier alpha value is -0.960. The van der Waals surface area contributed by atoms with E-state index in [1.54, 1.807) is 0 Å². The highest BCUT2D eigenvalue weighted by molar-refractivity contribution is 7.80. The summed E-state index contributed by atoms with van der Waals surface area (Å²) in [5, 5.41) is 20.5. The third-order valence-electron chi connectivity index (χ3n) is 9.60. The van der Waals surface area contributed by atoms with Crippen molar-refractivity contribution in [2.75, 3.05) is 0 Å². The number of hydrogen-bond donors (Lipinski definition) is 3. The highest BCUT2D eigenvalue weighted by atomic mass is 32.3. The Morgan fingerprint density at radius 2 is 1.90 bits per heavy atom. The van der Waals surface area contributed by atoms with Crippen molar-refractivity contribution in [1.29, 1.82) is 0 Å². The lowest BCUT2D eigenvalue weighted by Gasteiger charge is -2.59. The molecule has 0 bridgehead atoms. The normalized spacial score (nSPS) is 45.8. The molecule has 0 radical (unpaired) electrons.